The molecule has 7 atom stereocenters. The Morgan fingerprint density at radius 2 is 1.84 bits per heavy atom. The van der Waals surface area contributed by atoms with Crippen molar-refractivity contribution in [2.45, 2.75) is 35.8 Å². The van der Waals surface area contributed by atoms with Crippen molar-refractivity contribution in [1.82, 2.24) is 0 Å². The summed E-state index contributed by atoms with van der Waals surface area (Å²) in [6, 6.07) is 0. The second-order valence-electron chi connectivity index (χ2n) is 4.49. The summed E-state index contributed by atoms with van der Waals surface area (Å²) in [5, 5.41) is 64.3. The highest BCUT2D eigenvalue weighted by atomic mass is 32.2. The molecule has 1 rings (SSSR count). The van der Waals surface area contributed by atoms with E-state index >= 15 is 0 Å². The van der Waals surface area contributed by atoms with Gasteiger partial charge in [-0.3, -0.25) is 0 Å². The van der Waals surface area contributed by atoms with Crippen molar-refractivity contribution in [3.8, 4) is 0 Å². The Balaban J connectivity index is 2.61. The lowest BCUT2D eigenvalue weighted by atomic mass is 10.1. The Kier molecular flexibility index (Phi) is 5.99. The second kappa shape index (κ2) is 6.84. The van der Waals surface area contributed by atoms with E-state index in [2.05, 4.69) is 0 Å². The molecule has 8 nitrogen and oxygen atoms in total. The van der Waals surface area contributed by atoms with Gasteiger partial charge in [0.15, 0.2) is 11.4 Å². The summed E-state index contributed by atoms with van der Waals surface area (Å²) in [5.74, 6) is -1.61. The summed E-state index contributed by atoms with van der Waals surface area (Å²) in [4.78, 5) is 10.5. The average Bonchev–Trinajstić information content (AvgIpc) is 2.62. The van der Waals surface area contributed by atoms with Crippen LogP contribution in [-0.2, 0) is 15.7 Å². The van der Waals surface area contributed by atoms with Gasteiger partial charge >= 0.3 is 5.97 Å². The third-order valence-corrected chi connectivity index (χ3v) is 5.95. The first-order valence-corrected chi connectivity index (χ1v) is 7.32. The molecule has 9 heteroatoms. The fourth-order valence-electron chi connectivity index (χ4n) is 1.97. The molecule has 0 bridgehead atoms. The topological polar surface area (TPSA) is 159 Å². The fraction of sp³-hybridized carbons (Fsp3) is 0.900. The number of hydrogen-bond acceptors (Lipinski definition) is 7. The van der Waals surface area contributed by atoms with Gasteiger partial charge in [-0.2, -0.15) is 0 Å². The van der Waals surface area contributed by atoms with Crippen LogP contribution in [0.25, 0.3) is 0 Å². The van der Waals surface area contributed by atoms with Crippen LogP contribution in [0.4, 0.5) is 0 Å². The first-order valence-electron chi connectivity index (χ1n) is 5.69. The molecule has 1 fully saturated rings. The van der Waals surface area contributed by atoms with E-state index in [1.807, 2.05) is 0 Å². The standard InChI is InChI=1S/C10H18O8S/c11-1-6-7(14)4(12)2-19(6)3-5(13)8(15)9(16)10(17)18/h4-9,11-16H,1-3H2/p+1/t4-,5-,6-,7+,8?,9-,19?/m1/s1. The number of carboxylic acids is 1. The monoisotopic (exact) mass is 299 g/mol. The molecule has 112 valence electrons. The van der Waals surface area contributed by atoms with Crippen molar-refractivity contribution < 1.29 is 40.5 Å². The van der Waals surface area contributed by atoms with Gasteiger partial charge in [0.05, 0.1) is 6.61 Å². The number of carboxylic acid groups (broad SMARTS) is 1. The Morgan fingerprint density at radius 3 is 2.32 bits per heavy atom. The van der Waals surface area contributed by atoms with Gasteiger partial charge in [-0.25, -0.2) is 4.79 Å². The molecule has 0 aromatic rings. The summed E-state index contributed by atoms with van der Waals surface area (Å²) in [6.45, 7) is -0.383. The third-order valence-electron chi connectivity index (χ3n) is 3.12. The molecule has 0 spiro atoms. The Bertz CT molecular complexity index is 314. The molecule has 0 radical (unpaired) electrons. The van der Waals surface area contributed by atoms with E-state index < -0.39 is 52.6 Å². The maximum absolute atomic E-state index is 10.5. The normalized spacial score (nSPS) is 35.9. The minimum atomic E-state index is -2.11. The van der Waals surface area contributed by atoms with E-state index in [1.165, 1.54) is 0 Å². The summed E-state index contributed by atoms with van der Waals surface area (Å²) in [7, 11) is -0.770. The first kappa shape index (κ1) is 16.6. The van der Waals surface area contributed by atoms with Crippen LogP contribution >= 0.6 is 0 Å². The third kappa shape index (κ3) is 3.78. The van der Waals surface area contributed by atoms with Crippen LogP contribution in [0, 0.1) is 0 Å². The minimum Gasteiger partial charge on any atom is -0.479 e. The summed E-state index contributed by atoms with van der Waals surface area (Å²) in [5.41, 5.74) is 0. The lowest BCUT2D eigenvalue weighted by Crippen LogP contribution is -2.46. The van der Waals surface area contributed by atoms with Crippen LogP contribution in [0.5, 0.6) is 0 Å². The van der Waals surface area contributed by atoms with E-state index in [0.29, 0.717) is 0 Å². The molecule has 0 amide bonds. The molecule has 1 saturated heterocycles. The number of aliphatic carboxylic acids is 1. The average molecular weight is 299 g/mol. The largest absolute Gasteiger partial charge is 0.479 e. The molecule has 1 heterocycles. The molecule has 2 unspecified atom stereocenters. The molecule has 0 aromatic heterocycles. The number of rotatable bonds is 6. The summed E-state index contributed by atoms with van der Waals surface area (Å²) >= 11 is 0. The molecule has 0 aliphatic carbocycles. The quantitative estimate of drug-likeness (QED) is 0.244. The van der Waals surface area contributed by atoms with E-state index in [0.717, 1.165) is 0 Å². The second-order valence-corrected chi connectivity index (χ2v) is 6.84. The Hall–Kier alpha value is -0.420. The highest BCUT2D eigenvalue weighted by Crippen LogP contribution is 2.25. The fourth-order valence-corrected chi connectivity index (χ4v) is 4.65. The number of aliphatic hydroxyl groups excluding tert-OH is 6. The number of hydrogen-bond donors (Lipinski definition) is 7. The van der Waals surface area contributed by atoms with Crippen LogP contribution in [0.15, 0.2) is 0 Å². The Labute approximate surface area is 112 Å². The van der Waals surface area contributed by atoms with Gasteiger partial charge in [-0.1, -0.05) is 0 Å². The first-order chi connectivity index (χ1) is 8.79. The van der Waals surface area contributed by atoms with Crippen molar-refractivity contribution in [3.63, 3.8) is 0 Å². The van der Waals surface area contributed by atoms with Crippen LogP contribution in [0.1, 0.15) is 0 Å². The molecule has 7 N–H and O–H groups in total. The van der Waals surface area contributed by atoms with Gasteiger partial charge in [0.2, 0.25) is 0 Å². The molecular weight excluding hydrogens is 280 g/mol. The van der Waals surface area contributed by atoms with Crippen molar-refractivity contribution in [1.29, 1.82) is 0 Å². The summed E-state index contributed by atoms with van der Waals surface area (Å²) < 4.78 is 0. The maximum Gasteiger partial charge on any atom is 0.335 e. The van der Waals surface area contributed by atoms with Gasteiger partial charge in [0.25, 0.3) is 0 Å². The highest BCUT2D eigenvalue weighted by Gasteiger charge is 2.51. The van der Waals surface area contributed by atoms with Gasteiger partial charge in [-0.15, -0.1) is 0 Å². The van der Waals surface area contributed by atoms with Crippen molar-refractivity contribution in [3.05, 3.63) is 0 Å². The summed E-state index contributed by atoms with van der Waals surface area (Å²) in [6.07, 6.45) is -7.61. The van der Waals surface area contributed by atoms with Crippen LogP contribution in [-0.4, -0.2) is 95.6 Å². The molecule has 0 aromatic carbocycles. The predicted molar refractivity (Wildman–Crippen MR) is 65.6 cm³/mol. The van der Waals surface area contributed by atoms with Gasteiger partial charge in [-0.05, 0) is 0 Å². The van der Waals surface area contributed by atoms with Crippen LogP contribution in [0.2, 0.25) is 0 Å². The molecule has 1 aliphatic heterocycles. The zero-order valence-corrected chi connectivity index (χ0v) is 10.8. The predicted octanol–water partition coefficient (Wildman–Crippen LogP) is -4.13. The van der Waals surface area contributed by atoms with Gasteiger partial charge in [0.1, 0.15) is 35.9 Å². The van der Waals surface area contributed by atoms with Crippen molar-refractivity contribution >= 4 is 16.9 Å². The number of carbonyl (C=O) groups is 1. The zero-order chi connectivity index (χ0) is 14.7. The minimum absolute atomic E-state index is 0.106. The van der Waals surface area contributed by atoms with Gasteiger partial charge < -0.3 is 35.7 Å². The Morgan fingerprint density at radius 1 is 1.26 bits per heavy atom. The van der Waals surface area contributed by atoms with E-state index in [4.69, 9.17) is 15.3 Å². The smallest absolute Gasteiger partial charge is 0.335 e. The lowest BCUT2D eigenvalue weighted by molar-refractivity contribution is -0.157. The van der Waals surface area contributed by atoms with Crippen molar-refractivity contribution in [2.75, 3.05) is 18.1 Å². The lowest BCUT2D eigenvalue weighted by Gasteiger charge is -2.20. The SMILES string of the molecule is O=C(O)[C@H](O)C(O)[C@H](O)C[S+]1C[C@@H](O)[C@H](O)[C@H]1CO. The number of aliphatic hydroxyl groups is 6. The zero-order valence-electron chi connectivity index (χ0n) is 10.0. The van der Waals surface area contributed by atoms with Crippen molar-refractivity contribution in [2.24, 2.45) is 0 Å². The molecule has 1 aliphatic rings. The molecular formula is C10H19O8S+. The van der Waals surface area contributed by atoms with Crippen LogP contribution < -0.4 is 0 Å². The van der Waals surface area contributed by atoms with E-state index in [1.54, 1.807) is 0 Å². The maximum atomic E-state index is 10.5. The highest BCUT2D eigenvalue weighted by molar-refractivity contribution is 7.97. The molecule has 0 saturated carbocycles. The van der Waals surface area contributed by atoms with Crippen LogP contribution in [0.3, 0.4) is 0 Å². The van der Waals surface area contributed by atoms with E-state index in [-0.39, 0.29) is 18.1 Å². The van der Waals surface area contributed by atoms with E-state index in [9.17, 15) is 25.2 Å². The molecule has 19 heavy (non-hydrogen) atoms. The van der Waals surface area contributed by atoms with Gasteiger partial charge in [0, 0.05) is 10.9 Å².